The average molecular weight is 120 g/mol. The molecule has 40 valence electrons. The summed E-state index contributed by atoms with van der Waals surface area (Å²) in [6.45, 7) is 1.61. The standard InChI is InChI=1S/C3H4O3S/c1-2-3-6-7(3,4)5/h2H,1H3/b3-2+. The maximum atomic E-state index is 10.0. The Kier molecular flexibility index (Phi) is 0.667. The maximum absolute atomic E-state index is 10.0. The van der Waals surface area contributed by atoms with Crippen LogP contribution in [-0.2, 0) is 14.3 Å². The molecule has 0 atom stereocenters. The highest BCUT2D eigenvalue weighted by Crippen LogP contribution is 2.28. The van der Waals surface area contributed by atoms with Gasteiger partial charge in [-0.25, -0.2) is 0 Å². The van der Waals surface area contributed by atoms with Crippen LogP contribution in [0, 0.1) is 0 Å². The molecule has 0 aliphatic carbocycles. The van der Waals surface area contributed by atoms with Crippen LogP contribution < -0.4 is 0 Å². The first kappa shape index (κ1) is 4.64. The highest BCUT2D eigenvalue weighted by Gasteiger charge is 2.38. The van der Waals surface area contributed by atoms with Gasteiger partial charge >= 0.3 is 10.1 Å². The summed E-state index contributed by atoms with van der Waals surface area (Å²) in [5.74, 6) is 0. The van der Waals surface area contributed by atoms with Crippen LogP contribution in [0.4, 0.5) is 0 Å². The third-order valence-electron chi connectivity index (χ3n) is 0.648. The molecule has 7 heavy (non-hydrogen) atoms. The molecule has 0 amide bonds. The quantitative estimate of drug-likeness (QED) is 0.429. The van der Waals surface area contributed by atoms with Crippen LogP contribution in [0.25, 0.3) is 0 Å². The summed E-state index contributed by atoms with van der Waals surface area (Å²) in [5.41, 5.74) is 0. The van der Waals surface area contributed by atoms with Gasteiger partial charge < -0.3 is 4.18 Å². The Hall–Kier alpha value is -0.510. The summed E-state index contributed by atoms with van der Waals surface area (Å²) in [6.07, 6.45) is 1.41. The van der Waals surface area contributed by atoms with E-state index in [1.165, 1.54) is 6.08 Å². The zero-order valence-electron chi connectivity index (χ0n) is 3.71. The molecule has 0 aromatic rings. The van der Waals surface area contributed by atoms with Crippen molar-refractivity contribution < 1.29 is 12.6 Å². The molecule has 1 heterocycles. The lowest BCUT2D eigenvalue weighted by Crippen LogP contribution is -1.61. The van der Waals surface area contributed by atoms with E-state index in [9.17, 15) is 8.42 Å². The second-order valence-electron chi connectivity index (χ2n) is 1.15. The van der Waals surface area contributed by atoms with Crippen molar-refractivity contribution in [2.45, 2.75) is 6.92 Å². The third-order valence-corrected chi connectivity index (χ3v) is 1.71. The molecular formula is C3H4O3S. The van der Waals surface area contributed by atoms with Gasteiger partial charge in [0.1, 0.15) is 0 Å². The minimum Gasteiger partial charge on any atom is -0.361 e. The molecule has 0 bridgehead atoms. The van der Waals surface area contributed by atoms with Gasteiger partial charge in [0, 0.05) is 0 Å². The van der Waals surface area contributed by atoms with Gasteiger partial charge in [0.05, 0.1) is 0 Å². The molecule has 0 aromatic carbocycles. The molecule has 1 aliphatic rings. The topological polar surface area (TPSA) is 46.7 Å². The lowest BCUT2D eigenvalue weighted by atomic mass is 10.7. The summed E-state index contributed by atoms with van der Waals surface area (Å²) in [6, 6.07) is 0. The van der Waals surface area contributed by atoms with E-state index in [0.29, 0.717) is 0 Å². The van der Waals surface area contributed by atoms with Crippen LogP contribution in [0.5, 0.6) is 0 Å². The zero-order valence-corrected chi connectivity index (χ0v) is 4.53. The fourth-order valence-electron chi connectivity index (χ4n) is 0.284. The molecule has 0 radical (unpaired) electrons. The summed E-state index contributed by atoms with van der Waals surface area (Å²) in [5, 5.41) is 0.0903. The molecule has 1 fully saturated rings. The molecule has 1 rings (SSSR count). The highest BCUT2D eigenvalue weighted by molar-refractivity contribution is 7.96. The first-order valence-electron chi connectivity index (χ1n) is 1.77. The number of hydrogen-bond acceptors (Lipinski definition) is 3. The van der Waals surface area contributed by atoms with E-state index in [1.54, 1.807) is 6.92 Å². The van der Waals surface area contributed by atoms with Crippen molar-refractivity contribution in [2.75, 3.05) is 0 Å². The van der Waals surface area contributed by atoms with Crippen molar-refractivity contribution in [3.8, 4) is 0 Å². The third kappa shape index (κ3) is 0.608. The average Bonchev–Trinajstić information content (AvgIpc) is 2.13. The van der Waals surface area contributed by atoms with Gasteiger partial charge in [-0.05, 0) is 13.0 Å². The van der Waals surface area contributed by atoms with Crippen LogP contribution in [0.1, 0.15) is 6.92 Å². The van der Waals surface area contributed by atoms with Gasteiger partial charge in [0.25, 0.3) is 5.09 Å². The van der Waals surface area contributed by atoms with E-state index in [4.69, 9.17) is 0 Å². The minimum atomic E-state index is -3.15. The smallest absolute Gasteiger partial charge is 0.361 e. The second-order valence-corrected chi connectivity index (χ2v) is 2.62. The van der Waals surface area contributed by atoms with Crippen LogP contribution in [0.3, 0.4) is 0 Å². The number of rotatable bonds is 0. The predicted molar refractivity (Wildman–Crippen MR) is 23.8 cm³/mol. The molecule has 1 saturated heterocycles. The second kappa shape index (κ2) is 1.01. The van der Waals surface area contributed by atoms with Crippen LogP contribution >= 0.6 is 0 Å². The van der Waals surface area contributed by atoms with Crippen molar-refractivity contribution >= 4 is 10.1 Å². The Balaban J connectivity index is 3.02. The SMILES string of the molecule is C/C=C1\OS1(=O)=O. The fraction of sp³-hybridized carbons (Fsp3) is 0.333. The van der Waals surface area contributed by atoms with E-state index in [1.807, 2.05) is 0 Å². The van der Waals surface area contributed by atoms with Crippen molar-refractivity contribution in [3.05, 3.63) is 11.2 Å². The molecule has 0 saturated carbocycles. The van der Waals surface area contributed by atoms with Gasteiger partial charge in [-0.1, -0.05) is 0 Å². The molecule has 0 aromatic heterocycles. The Morgan fingerprint density at radius 2 is 2.14 bits per heavy atom. The molecule has 0 unspecified atom stereocenters. The van der Waals surface area contributed by atoms with Crippen LogP contribution in [-0.4, -0.2) is 8.42 Å². The van der Waals surface area contributed by atoms with Crippen molar-refractivity contribution in [2.24, 2.45) is 0 Å². The van der Waals surface area contributed by atoms with Gasteiger partial charge in [0.2, 0.25) is 0 Å². The molecule has 1 aliphatic heterocycles. The fourth-order valence-corrected chi connectivity index (χ4v) is 1.02. The molecular weight excluding hydrogens is 116 g/mol. The molecule has 3 nitrogen and oxygen atoms in total. The Bertz CT molecular complexity index is 198. The summed E-state index contributed by atoms with van der Waals surface area (Å²) in [4.78, 5) is 0. The van der Waals surface area contributed by atoms with Crippen molar-refractivity contribution in [1.82, 2.24) is 0 Å². The lowest BCUT2D eigenvalue weighted by Gasteiger charge is -1.44. The van der Waals surface area contributed by atoms with Gasteiger partial charge in [-0.3, -0.25) is 0 Å². The lowest BCUT2D eigenvalue weighted by molar-refractivity contribution is 0.543. The predicted octanol–water partition coefficient (Wildman–Crippen LogP) is 0.208. The van der Waals surface area contributed by atoms with E-state index in [-0.39, 0.29) is 5.09 Å². The zero-order chi connectivity index (χ0) is 5.49. The largest absolute Gasteiger partial charge is 0.374 e. The van der Waals surface area contributed by atoms with Gasteiger partial charge in [-0.15, -0.1) is 0 Å². The van der Waals surface area contributed by atoms with E-state index >= 15 is 0 Å². The normalized spacial score (nSPS) is 29.6. The van der Waals surface area contributed by atoms with Gasteiger partial charge in [-0.2, -0.15) is 8.42 Å². The summed E-state index contributed by atoms with van der Waals surface area (Å²) >= 11 is 0. The summed E-state index contributed by atoms with van der Waals surface area (Å²) < 4.78 is 24.1. The molecule has 0 N–H and O–H groups in total. The Morgan fingerprint density at radius 1 is 1.71 bits per heavy atom. The summed E-state index contributed by atoms with van der Waals surface area (Å²) in [7, 11) is -3.15. The monoisotopic (exact) mass is 120 g/mol. The van der Waals surface area contributed by atoms with E-state index in [0.717, 1.165) is 0 Å². The Labute approximate surface area is 41.7 Å². The van der Waals surface area contributed by atoms with Crippen LogP contribution in [0.15, 0.2) is 11.2 Å². The first-order valence-corrected chi connectivity index (χ1v) is 3.18. The van der Waals surface area contributed by atoms with Crippen LogP contribution in [0.2, 0.25) is 0 Å². The first-order chi connectivity index (χ1) is 3.17. The molecule has 0 spiro atoms. The maximum Gasteiger partial charge on any atom is 0.374 e. The van der Waals surface area contributed by atoms with Crippen molar-refractivity contribution in [3.63, 3.8) is 0 Å². The minimum absolute atomic E-state index is 0.0903. The Morgan fingerprint density at radius 3 is 2.14 bits per heavy atom. The highest BCUT2D eigenvalue weighted by atomic mass is 32.2. The number of allylic oxidation sites excluding steroid dienone is 1. The molecule has 4 heteroatoms. The van der Waals surface area contributed by atoms with E-state index < -0.39 is 10.1 Å². The van der Waals surface area contributed by atoms with Gasteiger partial charge in [0.15, 0.2) is 0 Å². The number of hydrogen-bond donors (Lipinski definition) is 0. The van der Waals surface area contributed by atoms with Crippen molar-refractivity contribution in [1.29, 1.82) is 0 Å². The van der Waals surface area contributed by atoms with E-state index in [2.05, 4.69) is 4.18 Å².